The fourth-order valence-electron chi connectivity index (χ4n) is 3.26. The minimum atomic E-state index is -0.404. The fraction of sp³-hybridized carbons (Fsp3) is 0.120. The number of aryl methyl sites for hydroxylation is 1. The predicted octanol–water partition coefficient (Wildman–Crippen LogP) is 4.74. The normalized spacial score (nSPS) is 11.5. The molecule has 0 aliphatic rings. The monoisotopic (exact) mass is 413 g/mol. The van der Waals surface area contributed by atoms with Gasteiger partial charge < -0.3 is 19.4 Å². The Morgan fingerprint density at radius 1 is 0.903 bits per heavy atom. The molecule has 0 radical (unpaired) electrons. The highest BCUT2D eigenvalue weighted by molar-refractivity contribution is 5.94. The van der Waals surface area contributed by atoms with Crippen LogP contribution in [0, 0.1) is 0 Å². The summed E-state index contributed by atoms with van der Waals surface area (Å²) in [5.41, 5.74) is 1.45. The van der Waals surface area contributed by atoms with Gasteiger partial charge in [0.25, 0.3) is 5.91 Å². The van der Waals surface area contributed by atoms with Crippen molar-refractivity contribution >= 4 is 5.91 Å². The maximum absolute atomic E-state index is 13.0. The molecule has 1 atom stereocenters. The molecular weight excluding hydrogens is 390 g/mol. The molecule has 3 aromatic carbocycles. The summed E-state index contributed by atoms with van der Waals surface area (Å²) in [6, 6.07) is 23.8. The van der Waals surface area contributed by atoms with E-state index in [-0.39, 0.29) is 5.91 Å². The number of methoxy groups -OCH3 is 1. The lowest BCUT2D eigenvalue weighted by molar-refractivity contribution is 0.0941. The molecule has 1 amide bonds. The Labute approximate surface area is 181 Å². The molecule has 156 valence electrons. The molecule has 1 aromatic heterocycles. The number of imidazole rings is 1. The molecule has 1 N–H and O–H groups in total. The third-order valence-corrected chi connectivity index (χ3v) is 4.94. The van der Waals surface area contributed by atoms with Gasteiger partial charge in [0.05, 0.1) is 7.11 Å². The van der Waals surface area contributed by atoms with Crippen molar-refractivity contribution in [3.8, 4) is 17.2 Å². The number of hydrogen-bond donors (Lipinski definition) is 1. The van der Waals surface area contributed by atoms with E-state index in [0.717, 1.165) is 22.9 Å². The lowest BCUT2D eigenvalue weighted by Gasteiger charge is -2.19. The molecule has 0 spiro atoms. The quantitative estimate of drug-likeness (QED) is 0.475. The van der Waals surface area contributed by atoms with Gasteiger partial charge in [-0.2, -0.15) is 0 Å². The molecule has 4 rings (SSSR count). The summed E-state index contributed by atoms with van der Waals surface area (Å²) in [5, 5.41) is 3.10. The van der Waals surface area contributed by atoms with E-state index < -0.39 is 6.04 Å². The summed E-state index contributed by atoms with van der Waals surface area (Å²) < 4.78 is 12.9. The number of hydrogen-bond acceptors (Lipinski definition) is 4. The van der Waals surface area contributed by atoms with Gasteiger partial charge >= 0.3 is 0 Å². The highest BCUT2D eigenvalue weighted by Crippen LogP contribution is 2.25. The van der Waals surface area contributed by atoms with E-state index in [4.69, 9.17) is 9.47 Å². The zero-order chi connectivity index (χ0) is 21.6. The van der Waals surface area contributed by atoms with Gasteiger partial charge in [-0.25, -0.2) is 4.98 Å². The predicted molar refractivity (Wildman–Crippen MR) is 118 cm³/mol. The number of para-hydroxylation sites is 1. The summed E-state index contributed by atoms with van der Waals surface area (Å²) in [6.45, 7) is 0. The van der Waals surface area contributed by atoms with Gasteiger partial charge in [0, 0.05) is 25.0 Å². The first-order chi connectivity index (χ1) is 15.1. The van der Waals surface area contributed by atoms with Crippen molar-refractivity contribution in [1.29, 1.82) is 0 Å². The van der Waals surface area contributed by atoms with Gasteiger partial charge in [-0.15, -0.1) is 0 Å². The van der Waals surface area contributed by atoms with Crippen LogP contribution in [0.4, 0.5) is 0 Å². The molecule has 4 aromatic rings. The smallest absolute Gasteiger partial charge is 0.252 e. The zero-order valence-electron chi connectivity index (χ0n) is 17.4. The first-order valence-electron chi connectivity index (χ1n) is 9.89. The number of carbonyl (C=O) groups excluding carboxylic acids is 1. The molecule has 1 heterocycles. The van der Waals surface area contributed by atoms with Crippen molar-refractivity contribution in [2.45, 2.75) is 6.04 Å². The van der Waals surface area contributed by atoms with Crippen molar-refractivity contribution in [3.63, 3.8) is 0 Å². The zero-order valence-corrected chi connectivity index (χ0v) is 17.4. The second-order valence-electron chi connectivity index (χ2n) is 7.02. The minimum Gasteiger partial charge on any atom is -0.497 e. The number of aromatic nitrogens is 2. The van der Waals surface area contributed by atoms with Crippen LogP contribution in [0.2, 0.25) is 0 Å². The van der Waals surface area contributed by atoms with Crippen molar-refractivity contribution in [1.82, 2.24) is 14.9 Å². The average Bonchev–Trinajstić information content (AvgIpc) is 3.24. The molecule has 0 saturated carbocycles. The van der Waals surface area contributed by atoms with Crippen molar-refractivity contribution in [2.75, 3.05) is 7.11 Å². The highest BCUT2D eigenvalue weighted by Gasteiger charge is 2.21. The molecule has 0 saturated heterocycles. The number of carbonyl (C=O) groups is 1. The van der Waals surface area contributed by atoms with Crippen LogP contribution in [0.1, 0.15) is 27.8 Å². The summed E-state index contributed by atoms with van der Waals surface area (Å²) >= 11 is 0. The van der Waals surface area contributed by atoms with E-state index in [2.05, 4.69) is 10.3 Å². The van der Waals surface area contributed by atoms with Crippen LogP contribution >= 0.6 is 0 Å². The molecule has 31 heavy (non-hydrogen) atoms. The molecule has 0 aliphatic heterocycles. The third kappa shape index (κ3) is 4.75. The first kappa shape index (κ1) is 20.2. The van der Waals surface area contributed by atoms with E-state index in [0.29, 0.717) is 11.3 Å². The summed E-state index contributed by atoms with van der Waals surface area (Å²) in [4.78, 5) is 17.5. The third-order valence-electron chi connectivity index (χ3n) is 4.94. The van der Waals surface area contributed by atoms with Crippen LogP contribution in [0.25, 0.3) is 0 Å². The topological polar surface area (TPSA) is 65.4 Å². The van der Waals surface area contributed by atoms with Crippen molar-refractivity contribution < 1.29 is 14.3 Å². The molecule has 1 unspecified atom stereocenters. The Hall–Kier alpha value is -4.06. The van der Waals surface area contributed by atoms with E-state index in [9.17, 15) is 4.79 Å². The number of rotatable bonds is 7. The molecule has 0 bridgehead atoms. The lowest BCUT2D eigenvalue weighted by atomic mass is 10.0. The lowest BCUT2D eigenvalue weighted by Crippen LogP contribution is -2.31. The van der Waals surface area contributed by atoms with Crippen LogP contribution in [0.15, 0.2) is 91.3 Å². The molecule has 6 nitrogen and oxygen atoms in total. The second-order valence-corrected chi connectivity index (χ2v) is 7.02. The van der Waals surface area contributed by atoms with Crippen LogP contribution in [-0.4, -0.2) is 22.6 Å². The Morgan fingerprint density at radius 3 is 2.16 bits per heavy atom. The van der Waals surface area contributed by atoms with Crippen molar-refractivity contribution in [3.05, 3.63) is 108 Å². The number of ether oxygens (including phenoxy) is 2. The van der Waals surface area contributed by atoms with E-state index in [1.165, 1.54) is 0 Å². The van der Waals surface area contributed by atoms with E-state index in [1.54, 1.807) is 37.6 Å². The number of amides is 1. The van der Waals surface area contributed by atoms with Gasteiger partial charge in [0.2, 0.25) is 0 Å². The number of benzene rings is 3. The fourth-order valence-corrected chi connectivity index (χ4v) is 3.26. The van der Waals surface area contributed by atoms with Gasteiger partial charge in [-0.05, 0) is 54.1 Å². The van der Waals surface area contributed by atoms with Gasteiger partial charge in [-0.3, -0.25) is 4.79 Å². The minimum absolute atomic E-state index is 0.199. The number of nitrogens with zero attached hydrogens (tertiary/aromatic N) is 2. The Bertz CT molecular complexity index is 1140. The molecule has 6 heteroatoms. The maximum Gasteiger partial charge on any atom is 0.252 e. The number of nitrogens with one attached hydrogen (secondary N) is 1. The van der Waals surface area contributed by atoms with E-state index >= 15 is 0 Å². The molecule has 0 aliphatic carbocycles. The molecule has 0 fully saturated rings. The van der Waals surface area contributed by atoms with Crippen LogP contribution in [0.3, 0.4) is 0 Å². The Morgan fingerprint density at radius 2 is 1.55 bits per heavy atom. The van der Waals surface area contributed by atoms with Crippen LogP contribution < -0.4 is 14.8 Å². The summed E-state index contributed by atoms with van der Waals surface area (Å²) in [5.74, 6) is 2.70. The Kier molecular flexibility index (Phi) is 5.98. The van der Waals surface area contributed by atoms with E-state index in [1.807, 2.05) is 72.4 Å². The maximum atomic E-state index is 13.0. The van der Waals surface area contributed by atoms with Gasteiger partial charge in [0.15, 0.2) is 0 Å². The SMILES string of the molecule is COc1ccc(C(NC(=O)c2ccc(Oc3ccccc3)cc2)c2nccn2C)cc1. The standard InChI is InChI=1S/C25H23N3O3/c1-28-17-16-26-24(28)23(18-8-12-20(30-2)13-9-18)27-25(29)19-10-14-22(15-11-19)31-21-6-4-3-5-7-21/h3-17,23H,1-2H3,(H,27,29). The van der Waals surface area contributed by atoms with Crippen LogP contribution in [-0.2, 0) is 7.05 Å². The summed E-state index contributed by atoms with van der Waals surface area (Å²) in [6.07, 6.45) is 3.57. The van der Waals surface area contributed by atoms with Gasteiger partial charge in [-0.1, -0.05) is 30.3 Å². The highest BCUT2D eigenvalue weighted by atomic mass is 16.5. The Balaban J connectivity index is 1.53. The largest absolute Gasteiger partial charge is 0.497 e. The van der Waals surface area contributed by atoms with Crippen molar-refractivity contribution in [2.24, 2.45) is 7.05 Å². The van der Waals surface area contributed by atoms with Crippen LogP contribution in [0.5, 0.6) is 17.2 Å². The second kappa shape index (κ2) is 9.17. The molecular formula is C25H23N3O3. The average molecular weight is 413 g/mol. The summed E-state index contributed by atoms with van der Waals surface area (Å²) in [7, 11) is 3.53. The van der Waals surface area contributed by atoms with Gasteiger partial charge in [0.1, 0.15) is 29.1 Å². The first-order valence-corrected chi connectivity index (χ1v) is 9.89.